The molecule has 7 heteroatoms. The maximum Gasteiger partial charge on any atom is 0.141 e. The van der Waals surface area contributed by atoms with Gasteiger partial charge in [-0.3, -0.25) is 4.90 Å². The molecule has 1 fully saturated rings. The van der Waals surface area contributed by atoms with Crippen molar-refractivity contribution in [2.75, 3.05) is 31.1 Å². The molecule has 3 aromatic rings. The standard InChI is InChI=1S/C19H21ClN4S2/c20-16-6-5-13(25-16)11-23-7-9-24(10-8-23)18-17-14-3-1-2-4-15(14)26-19(17)22-12-21-18/h5-6,12H,1-4,7-11H2. The molecule has 5 rings (SSSR count). The molecule has 0 bridgehead atoms. The summed E-state index contributed by atoms with van der Waals surface area (Å²) in [5.41, 5.74) is 1.53. The molecule has 26 heavy (non-hydrogen) atoms. The molecule has 0 unspecified atom stereocenters. The highest BCUT2D eigenvalue weighted by Crippen LogP contribution is 2.39. The van der Waals surface area contributed by atoms with E-state index in [4.69, 9.17) is 16.6 Å². The fraction of sp³-hybridized carbons (Fsp3) is 0.474. The molecule has 4 nitrogen and oxygen atoms in total. The topological polar surface area (TPSA) is 32.3 Å². The Labute approximate surface area is 166 Å². The number of piperazine rings is 1. The first kappa shape index (κ1) is 16.9. The van der Waals surface area contributed by atoms with Crippen LogP contribution in [0.5, 0.6) is 0 Å². The Morgan fingerprint density at radius 1 is 1.00 bits per heavy atom. The molecule has 0 spiro atoms. The smallest absolute Gasteiger partial charge is 0.141 e. The van der Waals surface area contributed by atoms with Gasteiger partial charge in [0.25, 0.3) is 0 Å². The number of halogens is 1. The third-order valence-corrected chi connectivity index (χ3v) is 7.83. The van der Waals surface area contributed by atoms with Crippen LogP contribution < -0.4 is 4.90 Å². The Morgan fingerprint density at radius 3 is 2.65 bits per heavy atom. The van der Waals surface area contributed by atoms with Crippen LogP contribution in [0.25, 0.3) is 10.2 Å². The minimum absolute atomic E-state index is 0.879. The van der Waals surface area contributed by atoms with Crippen LogP contribution in [0.4, 0.5) is 5.82 Å². The van der Waals surface area contributed by atoms with Crippen LogP contribution in [0.2, 0.25) is 4.34 Å². The van der Waals surface area contributed by atoms with Crippen LogP contribution in [-0.2, 0) is 19.4 Å². The van der Waals surface area contributed by atoms with Crippen molar-refractivity contribution >= 4 is 50.3 Å². The number of anilines is 1. The number of aromatic nitrogens is 2. The van der Waals surface area contributed by atoms with Gasteiger partial charge in [0.05, 0.1) is 9.72 Å². The lowest BCUT2D eigenvalue weighted by molar-refractivity contribution is 0.251. The molecule has 3 aromatic heterocycles. The van der Waals surface area contributed by atoms with E-state index >= 15 is 0 Å². The van der Waals surface area contributed by atoms with Gasteiger partial charge in [0.1, 0.15) is 17.0 Å². The number of nitrogens with zero attached hydrogens (tertiary/aromatic N) is 4. The summed E-state index contributed by atoms with van der Waals surface area (Å²) in [4.78, 5) is 18.3. The van der Waals surface area contributed by atoms with Gasteiger partial charge in [-0.05, 0) is 43.4 Å². The van der Waals surface area contributed by atoms with E-state index in [2.05, 4.69) is 20.9 Å². The summed E-state index contributed by atoms with van der Waals surface area (Å²) >= 11 is 9.63. The maximum absolute atomic E-state index is 6.06. The van der Waals surface area contributed by atoms with Crippen molar-refractivity contribution in [3.8, 4) is 0 Å². The summed E-state index contributed by atoms with van der Waals surface area (Å²) in [6.07, 6.45) is 6.76. The van der Waals surface area contributed by atoms with Gasteiger partial charge in [-0.1, -0.05) is 11.6 Å². The van der Waals surface area contributed by atoms with Crippen LogP contribution in [0.1, 0.15) is 28.2 Å². The minimum Gasteiger partial charge on any atom is -0.353 e. The van der Waals surface area contributed by atoms with Crippen molar-refractivity contribution in [1.82, 2.24) is 14.9 Å². The summed E-state index contributed by atoms with van der Waals surface area (Å²) in [5, 5.41) is 1.34. The Kier molecular flexibility index (Phi) is 4.61. The molecular weight excluding hydrogens is 384 g/mol. The number of fused-ring (bicyclic) bond motifs is 3. The Morgan fingerprint density at radius 2 is 1.85 bits per heavy atom. The quantitative estimate of drug-likeness (QED) is 0.638. The first-order valence-electron chi connectivity index (χ1n) is 9.25. The Bertz CT molecular complexity index is 927. The molecule has 1 aliphatic carbocycles. The van der Waals surface area contributed by atoms with Crippen molar-refractivity contribution in [2.24, 2.45) is 0 Å². The molecule has 0 atom stereocenters. The molecule has 136 valence electrons. The van der Waals surface area contributed by atoms with Crippen molar-refractivity contribution in [1.29, 1.82) is 0 Å². The van der Waals surface area contributed by atoms with Gasteiger partial charge in [-0.25, -0.2) is 9.97 Å². The summed E-state index contributed by atoms with van der Waals surface area (Å²) in [6.45, 7) is 5.17. The summed E-state index contributed by atoms with van der Waals surface area (Å²) < 4.78 is 0.879. The molecule has 1 aliphatic heterocycles. The highest BCUT2D eigenvalue weighted by atomic mass is 35.5. The molecule has 1 saturated heterocycles. The van der Waals surface area contributed by atoms with Gasteiger partial charge in [-0.2, -0.15) is 0 Å². The summed E-state index contributed by atoms with van der Waals surface area (Å²) in [7, 11) is 0. The van der Waals surface area contributed by atoms with Crippen LogP contribution >= 0.6 is 34.3 Å². The zero-order valence-electron chi connectivity index (χ0n) is 14.6. The van der Waals surface area contributed by atoms with Gasteiger partial charge in [0.2, 0.25) is 0 Å². The monoisotopic (exact) mass is 404 g/mol. The lowest BCUT2D eigenvalue weighted by atomic mass is 9.97. The average Bonchev–Trinajstić information content (AvgIpc) is 3.25. The van der Waals surface area contributed by atoms with Crippen molar-refractivity contribution in [3.63, 3.8) is 0 Å². The molecule has 0 N–H and O–H groups in total. The van der Waals surface area contributed by atoms with Gasteiger partial charge in [0.15, 0.2) is 0 Å². The number of aryl methyl sites for hydroxylation is 2. The van der Waals surface area contributed by atoms with Crippen LogP contribution in [-0.4, -0.2) is 41.0 Å². The van der Waals surface area contributed by atoms with Crippen LogP contribution in [0.15, 0.2) is 18.5 Å². The predicted octanol–water partition coefficient (Wildman–Crippen LogP) is 4.61. The zero-order valence-corrected chi connectivity index (χ0v) is 17.0. The second-order valence-electron chi connectivity index (χ2n) is 7.06. The normalized spacial score (nSPS) is 18.4. The predicted molar refractivity (Wildman–Crippen MR) is 111 cm³/mol. The SMILES string of the molecule is Clc1ccc(CN2CCN(c3ncnc4sc5c(c34)CCCC5)CC2)s1. The fourth-order valence-corrected chi connectivity index (χ4v) is 6.44. The van der Waals surface area contributed by atoms with E-state index in [0.29, 0.717) is 0 Å². The Balaban J connectivity index is 1.36. The van der Waals surface area contributed by atoms with Gasteiger partial charge < -0.3 is 4.90 Å². The maximum atomic E-state index is 6.06. The molecule has 4 heterocycles. The molecule has 0 aromatic carbocycles. The molecule has 2 aliphatic rings. The number of hydrogen-bond donors (Lipinski definition) is 0. The number of thiophene rings is 2. The second-order valence-corrected chi connectivity index (χ2v) is 9.94. The molecule has 0 radical (unpaired) electrons. The van der Waals surface area contributed by atoms with E-state index in [1.54, 1.807) is 22.5 Å². The van der Waals surface area contributed by atoms with Gasteiger partial charge in [-0.15, -0.1) is 22.7 Å². The van der Waals surface area contributed by atoms with E-state index in [9.17, 15) is 0 Å². The third kappa shape index (κ3) is 3.13. The Hall–Kier alpha value is -1.21. The largest absolute Gasteiger partial charge is 0.353 e. The van der Waals surface area contributed by atoms with Crippen molar-refractivity contribution < 1.29 is 0 Å². The van der Waals surface area contributed by atoms with E-state index in [1.165, 1.54) is 46.3 Å². The highest BCUT2D eigenvalue weighted by Gasteiger charge is 2.25. The van der Waals surface area contributed by atoms with E-state index < -0.39 is 0 Å². The summed E-state index contributed by atoms with van der Waals surface area (Å²) in [5.74, 6) is 1.16. The second kappa shape index (κ2) is 7.08. The number of rotatable bonds is 3. The molecule has 0 saturated carbocycles. The third-order valence-electron chi connectivity index (χ3n) is 5.41. The lowest BCUT2D eigenvalue weighted by Crippen LogP contribution is -2.46. The van der Waals surface area contributed by atoms with Crippen LogP contribution in [0, 0.1) is 0 Å². The minimum atomic E-state index is 0.879. The molecular formula is C19H21ClN4S2. The van der Waals surface area contributed by atoms with Crippen LogP contribution in [0.3, 0.4) is 0 Å². The van der Waals surface area contributed by atoms with Gasteiger partial charge in [0, 0.05) is 42.5 Å². The fourth-order valence-electron chi connectivity index (χ4n) is 4.09. The summed E-state index contributed by atoms with van der Waals surface area (Å²) in [6, 6.07) is 4.14. The van der Waals surface area contributed by atoms with Crippen molar-refractivity contribution in [2.45, 2.75) is 32.2 Å². The lowest BCUT2D eigenvalue weighted by Gasteiger charge is -2.35. The van der Waals surface area contributed by atoms with Crippen molar-refractivity contribution in [3.05, 3.63) is 38.1 Å². The first-order chi connectivity index (χ1) is 12.8. The van der Waals surface area contributed by atoms with E-state index in [-0.39, 0.29) is 0 Å². The first-order valence-corrected chi connectivity index (χ1v) is 11.3. The molecule has 0 amide bonds. The average molecular weight is 405 g/mol. The highest BCUT2D eigenvalue weighted by molar-refractivity contribution is 7.19. The van der Waals surface area contributed by atoms with Gasteiger partial charge >= 0.3 is 0 Å². The number of hydrogen-bond acceptors (Lipinski definition) is 6. The van der Waals surface area contributed by atoms with E-state index in [0.717, 1.165) is 42.9 Å². The van der Waals surface area contributed by atoms with E-state index in [1.807, 2.05) is 17.4 Å². The zero-order chi connectivity index (χ0) is 17.5.